The molecule has 0 saturated heterocycles. The smallest absolute Gasteiger partial charge is 0.240 e. The molecule has 1 aliphatic carbocycles. The Morgan fingerprint density at radius 2 is 1.82 bits per heavy atom. The molecule has 122 valence electrons. The number of anilines is 1. The fourth-order valence-corrected chi connectivity index (χ4v) is 3.91. The van der Waals surface area contributed by atoms with Crippen LogP contribution in [0.15, 0.2) is 29.2 Å². The van der Waals surface area contributed by atoms with Crippen LogP contribution in [0.2, 0.25) is 0 Å². The first-order chi connectivity index (χ1) is 10.5. The average molecular weight is 324 g/mol. The zero-order chi connectivity index (χ0) is 16.0. The summed E-state index contributed by atoms with van der Waals surface area (Å²) in [5, 5.41) is 2.77. The van der Waals surface area contributed by atoms with Crippen LogP contribution in [-0.2, 0) is 14.8 Å². The van der Waals surface area contributed by atoms with Crippen molar-refractivity contribution in [1.82, 2.24) is 4.72 Å². The fraction of sp³-hybridized carbons (Fsp3) is 0.562. The van der Waals surface area contributed by atoms with Crippen molar-refractivity contribution in [2.45, 2.75) is 62.8 Å². The van der Waals surface area contributed by atoms with E-state index in [1.807, 2.05) is 6.92 Å². The van der Waals surface area contributed by atoms with Crippen molar-refractivity contribution in [3.8, 4) is 0 Å². The predicted molar refractivity (Wildman–Crippen MR) is 87.2 cm³/mol. The lowest BCUT2D eigenvalue weighted by atomic mass is 10.2. The SMILES string of the molecule is CCCCC(=O)Nc1ccc(S(=O)(=O)NC2CCCC2)cc1. The van der Waals surface area contributed by atoms with Crippen LogP contribution in [0.4, 0.5) is 5.69 Å². The molecule has 0 heterocycles. The Labute approximate surface area is 132 Å². The average Bonchev–Trinajstić information content (AvgIpc) is 2.98. The first-order valence-electron chi connectivity index (χ1n) is 7.93. The quantitative estimate of drug-likeness (QED) is 0.809. The van der Waals surface area contributed by atoms with Gasteiger partial charge in [-0.05, 0) is 43.5 Å². The molecular weight excluding hydrogens is 300 g/mol. The molecule has 22 heavy (non-hydrogen) atoms. The Bertz CT molecular complexity index is 590. The van der Waals surface area contributed by atoms with Crippen molar-refractivity contribution in [3.63, 3.8) is 0 Å². The maximum atomic E-state index is 12.3. The Balaban J connectivity index is 1.96. The number of nitrogens with one attached hydrogen (secondary N) is 2. The lowest BCUT2D eigenvalue weighted by Crippen LogP contribution is -2.32. The largest absolute Gasteiger partial charge is 0.326 e. The van der Waals surface area contributed by atoms with E-state index in [9.17, 15) is 13.2 Å². The Morgan fingerprint density at radius 1 is 1.18 bits per heavy atom. The van der Waals surface area contributed by atoms with Gasteiger partial charge in [0.05, 0.1) is 4.90 Å². The molecule has 2 N–H and O–H groups in total. The maximum Gasteiger partial charge on any atom is 0.240 e. The van der Waals surface area contributed by atoms with Crippen molar-refractivity contribution >= 4 is 21.6 Å². The summed E-state index contributed by atoms with van der Waals surface area (Å²) in [6.07, 6.45) is 6.28. The van der Waals surface area contributed by atoms with E-state index in [0.717, 1.165) is 38.5 Å². The first-order valence-corrected chi connectivity index (χ1v) is 9.42. The van der Waals surface area contributed by atoms with E-state index in [1.165, 1.54) is 12.1 Å². The number of unbranched alkanes of at least 4 members (excludes halogenated alkanes) is 1. The first kappa shape index (κ1) is 17.0. The summed E-state index contributed by atoms with van der Waals surface area (Å²) in [4.78, 5) is 11.9. The molecule has 1 fully saturated rings. The number of sulfonamides is 1. The molecule has 1 aliphatic rings. The van der Waals surface area contributed by atoms with Gasteiger partial charge in [-0.25, -0.2) is 13.1 Å². The van der Waals surface area contributed by atoms with Crippen molar-refractivity contribution in [2.75, 3.05) is 5.32 Å². The fourth-order valence-electron chi connectivity index (χ4n) is 2.61. The third kappa shape index (κ3) is 4.81. The minimum Gasteiger partial charge on any atom is -0.326 e. The van der Waals surface area contributed by atoms with Crippen LogP contribution in [0.1, 0.15) is 51.9 Å². The number of hydrogen-bond acceptors (Lipinski definition) is 3. The second-order valence-corrected chi connectivity index (χ2v) is 7.49. The molecule has 0 atom stereocenters. The van der Waals surface area contributed by atoms with Gasteiger partial charge < -0.3 is 5.32 Å². The third-order valence-corrected chi connectivity index (χ3v) is 5.42. The summed E-state index contributed by atoms with van der Waals surface area (Å²) in [6.45, 7) is 2.03. The molecule has 1 amide bonds. The van der Waals surface area contributed by atoms with Crippen LogP contribution in [0.25, 0.3) is 0 Å². The highest BCUT2D eigenvalue weighted by Crippen LogP contribution is 2.21. The summed E-state index contributed by atoms with van der Waals surface area (Å²) in [5.74, 6) is -0.0402. The van der Waals surface area contributed by atoms with Crippen LogP contribution in [-0.4, -0.2) is 20.4 Å². The minimum absolute atomic E-state index is 0.0402. The van der Waals surface area contributed by atoms with Crippen LogP contribution in [0.5, 0.6) is 0 Å². The van der Waals surface area contributed by atoms with E-state index in [-0.39, 0.29) is 16.8 Å². The molecule has 6 heteroatoms. The summed E-state index contributed by atoms with van der Waals surface area (Å²) in [5.41, 5.74) is 0.626. The van der Waals surface area contributed by atoms with Gasteiger partial charge in [0.1, 0.15) is 0 Å². The van der Waals surface area contributed by atoms with Gasteiger partial charge >= 0.3 is 0 Å². The maximum absolute atomic E-state index is 12.3. The summed E-state index contributed by atoms with van der Waals surface area (Å²) in [7, 11) is -3.47. The number of amides is 1. The van der Waals surface area contributed by atoms with Gasteiger partial charge in [0, 0.05) is 18.2 Å². The minimum atomic E-state index is -3.47. The molecular formula is C16H24N2O3S. The van der Waals surface area contributed by atoms with Crippen LogP contribution in [0, 0.1) is 0 Å². The standard InChI is InChI=1S/C16H24N2O3S/c1-2-3-8-16(19)17-13-9-11-15(12-10-13)22(20,21)18-14-6-4-5-7-14/h9-12,14,18H,2-8H2,1H3,(H,17,19). The Morgan fingerprint density at radius 3 is 2.41 bits per heavy atom. The van der Waals surface area contributed by atoms with Crippen LogP contribution >= 0.6 is 0 Å². The molecule has 0 aromatic heterocycles. The number of rotatable bonds is 7. The van der Waals surface area contributed by atoms with E-state index < -0.39 is 10.0 Å². The summed E-state index contributed by atoms with van der Waals surface area (Å²) in [6, 6.07) is 6.39. The molecule has 0 unspecified atom stereocenters. The number of carbonyl (C=O) groups excluding carboxylic acids is 1. The Hall–Kier alpha value is -1.40. The number of carbonyl (C=O) groups is 1. The zero-order valence-corrected chi connectivity index (χ0v) is 13.8. The van der Waals surface area contributed by atoms with Gasteiger partial charge in [0.15, 0.2) is 0 Å². The van der Waals surface area contributed by atoms with E-state index in [0.29, 0.717) is 12.1 Å². The lowest BCUT2D eigenvalue weighted by molar-refractivity contribution is -0.116. The van der Waals surface area contributed by atoms with E-state index >= 15 is 0 Å². The molecule has 0 aliphatic heterocycles. The zero-order valence-electron chi connectivity index (χ0n) is 13.0. The van der Waals surface area contributed by atoms with Crippen molar-refractivity contribution in [3.05, 3.63) is 24.3 Å². The van der Waals surface area contributed by atoms with Gasteiger partial charge in [-0.2, -0.15) is 0 Å². The van der Waals surface area contributed by atoms with E-state index in [4.69, 9.17) is 0 Å². The highest BCUT2D eigenvalue weighted by atomic mass is 32.2. The second kappa shape index (κ2) is 7.74. The normalized spacial score (nSPS) is 15.9. The summed E-state index contributed by atoms with van der Waals surface area (Å²) < 4.78 is 27.3. The van der Waals surface area contributed by atoms with Crippen LogP contribution in [0.3, 0.4) is 0 Å². The van der Waals surface area contributed by atoms with Crippen molar-refractivity contribution < 1.29 is 13.2 Å². The van der Waals surface area contributed by atoms with Crippen LogP contribution < -0.4 is 10.0 Å². The molecule has 1 saturated carbocycles. The molecule has 0 radical (unpaired) electrons. The highest BCUT2D eigenvalue weighted by Gasteiger charge is 2.22. The van der Waals surface area contributed by atoms with E-state index in [1.54, 1.807) is 12.1 Å². The van der Waals surface area contributed by atoms with E-state index in [2.05, 4.69) is 10.0 Å². The molecule has 5 nitrogen and oxygen atoms in total. The summed E-state index contributed by atoms with van der Waals surface area (Å²) >= 11 is 0. The number of benzene rings is 1. The highest BCUT2D eigenvalue weighted by molar-refractivity contribution is 7.89. The van der Waals surface area contributed by atoms with Gasteiger partial charge in [-0.3, -0.25) is 4.79 Å². The van der Waals surface area contributed by atoms with Crippen molar-refractivity contribution in [1.29, 1.82) is 0 Å². The monoisotopic (exact) mass is 324 g/mol. The molecule has 0 spiro atoms. The Kier molecular flexibility index (Phi) is 5.97. The van der Waals surface area contributed by atoms with Gasteiger partial charge in [-0.1, -0.05) is 26.2 Å². The van der Waals surface area contributed by atoms with Gasteiger partial charge in [-0.15, -0.1) is 0 Å². The molecule has 1 aromatic rings. The number of hydrogen-bond donors (Lipinski definition) is 2. The lowest BCUT2D eigenvalue weighted by Gasteiger charge is -2.13. The molecule has 1 aromatic carbocycles. The van der Waals surface area contributed by atoms with Crippen molar-refractivity contribution in [2.24, 2.45) is 0 Å². The molecule has 2 rings (SSSR count). The molecule has 0 bridgehead atoms. The van der Waals surface area contributed by atoms with Gasteiger partial charge in [0.25, 0.3) is 0 Å². The third-order valence-electron chi connectivity index (χ3n) is 3.88. The predicted octanol–water partition coefficient (Wildman–Crippen LogP) is 3.04. The van der Waals surface area contributed by atoms with Gasteiger partial charge in [0.2, 0.25) is 15.9 Å². The second-order valence-electron chi connectivity index (χ2n) is 5.78. The topological polar surface area (TPSA) is 75.3 Å².